The number of hydrogen-bond acceptors (Lipinski definition) is 2. The van der Waals surface area contributed by atoms with Crippen LogP contribution in [0.15, 0.2) is 21.5 Å². The van der Waals surface area contributed by atoms with Crippen molar-refractivity contribution in [1.82, 2.24) is 14.6 Å². The first-order valence-electron chi connectivity index (χ1n) is 4.29. The third-order valence-electron chi connectivity index (χ3n) is 2.05. The Kier molecular flexibility index (Phi) is 2.62. The maximum atomic E-state index is 4.40. The number of hydrogen-bond donors (Lipinski definition) is 0. The van der Waals surface area contributed by atoms with E-state index in [1.54, 1.807) is 4.52 Å². The highest BCUT2D eigenvalue weighted by atomic mass is 79.9. The molecule has 0 aliphatic carbocycles. The smallest absolute Gasteiger partial charge is 0.160 e. The van der Waals surface area contributed by atoms with Crippen molar-refractivity contribution in [1.29, 1.82) is 0 Å². The standard InChI is InChI=1S/C9H9Br2N3/c1-5(2)6-4-12-14-8(11)3-7(10)13-9(6)14/h3-5H,1-2H3. The van der Waals surface area contributed by atoms with Crippen LogP contribution in [-0.2, 0) is 0 Å². The van der Waals surface area contributed by atoms with Crippen LogP contribution in [0, 0.1) is 0 Å². The van der Waals surface area contributed by atoms with E-state index >= 15 is 0 Å². The van der Waals surface area contributed by atoms with Crippen LogP contribution in [0.25, 0.3) is 5.65 Å². The molecular formula is C9H9Br2N3. The Morgan fingerprint density at radius 3 is 2.71 bits per heavy atom. The highest BCUT2D eigenvalue weighted by Crippen LogP contribution is 2.23. The van der Waals surface area contributed by atoms with Gasteiger partial charge in [0.05, 0.1) is 6.20 Å². The summed E-state index contributed by atoms with van der Waals surface area (Å²) in [6.45, 7) is 4.26. The van der Waals surface area contributed by atoms with Crippen molar-refractivity contribution in [3.8, 4) is 0 Å². The summed E-state index contributed by atoms with van der Waals surface area (Å²) in [5.74, 6) is 0.432. The molecule has 0 amide bonds. The van der Waals surface area contributed by atoms with E-state index in [0.717, 1.165) is 20.4 Å². The summed E-state index contributed by atoms with van der Waals surface area (Å²) in [4.78, 5) is 4.40. The van der Waals surface area contributed by atoms with Gasteiger partial charge in [0, 0.05) is 11.6 Å². The number of aromatic nitrogens is 3. The van der Waals surface area contributed by atoms with Gasteiger partial charge in [0.1, 0.15) is 9.21 Å². The monoisotopic (exact) mass is 317 g/mol. The summed E-state index contributed by atoms with van der Waals surface area (Å²) in [5.41, 5.74) is 2.06. The zero-order valence-electron chi connectivity index (χ0n) is 7.83. The van der Waals surface area contributed by atoms with Crippen LogP contribution in [0.3, 0.4) is 0 Å². The number of fused-ring (bicyclic) bond motifs is 1. The number of nitrogens with zero attached hydrogens (tertiary/aromatic N) is 3. The molecule has 5 heteroatoms. The van der Waals surface area contributed by atoms with Gasteiger partial charge in [0.2, 0.25) is 0 Å². The second-order valence-corrected chi connectivity index (χ2v) is 5.02. The first-order valence-corrected chi connectivity index (χ1v) is 5.88. The molecule has 0 atom stereocenters. The minimum atomic E-state index is 0.432. The molecule has 3 nitrogen and oxygen atoms in total. The summed E-state index contributed by atoms with van der Waals surface area (Å²) >= 11 is 6.81. The molecule has 0 aliphatic heterocycles. The Hall–Kier alpha value is -0.420. The number of halogens is 2. The van der Waals surface area contributed by atoms with Gasteiger partial charge in [-0.2, -0.15) is 5.10 Å². The van der Waals surface area contributed by atoms with E-state index in [4.69, 9.17) is 0 Å². The van der Waals surface area contributed by atoms with Gasteiger partial charge in [-0.05, 0) is 37.8 Å². The molecule has 0 aromatic carbocycles. The molecule has 2 aromatic rings. The van der Waals surface area contributed by atoms with Gasteiger partial charge >= 0.3 is 0 Å². The minimum Gasteiger partial charge on any atom is -0.221 e. The predicted molar refractivity (Wildman–Crippen MR) is 62.5 cm³/mol. The van der Waals surface area contributed by atoms with Gasteiger partial charge < -0.3 is 0 Å². The minimum absolute atomic E-state index is 0.432. The summed E-state index contributed by atoms with van der Waals surface area (Å²) in [5, 5.41) is 4.27. The molecular weight excluding hydrogens is 310 g/mol. The van der Waals surface area contributed by atoms with Crippen LogP contribution in [-0.4, -0.2) is 14.6 Å². The Balaban J connectivity index is 2.78. The lowest BCUT2D eigenvalue weighted by molar-refractivity contribution is 0.870. The fourth-order valence-corrected chi connectivity index (χ4v) is 2.49. The molecule has 0 unspecified atom stereocenters. The van der Waals surface area contributed by atoms with Crippen molar-refractivity contribution >= 4 is 37.5 Å². The lowest BCUT2D eigenvalue weighted by atomic mass is 10.1. The second-order valence-electron chi connectivity index (χ2n) is 3.39. The SMILES string of the molecule is CC(C)c1cnn2c(Br)cc(Br)nc12. The molecule has 0 spiro atoms. The first-order chi connectivity index (χ1) is 6.59. The van der Waals surface area contributed by atoms with Gasteiger partial charge in [-0.3, -0.25) is 0 Å². The molecule has 0 saturated carbocycles. The first kappa shape index (κ1) is 10.1. The average molecular weight is 319 g/mol. The summed E-state index contributed by atoms with van der Waals surface area (Å²) in [6, 6.07) is 1.88. The van der Waals surface area contributed by atoms with E-state index in [1.807, 2.05) is 12.3 Å². The van der Waals surface area contributed by atoms with E-state index < -0.39 is 0 Å². The molecule has 74 valence electrons. The largest absolute Gasteiger partial charge is 0.221 e. The van der Waals surface area contributed by atoms with Crippen molar-refractivity contribution in [2.45, 2.75) is 19.8 Å². The van der Waals surface area contributed by atoms with E-state index in [0.29, 0.717) is 5.92 Å². The molecule has 0 bridgehead atoms. The third kappa shape index (κ3) is 1.59. The fraction of sp³-hybridized carbons (Fsp3) is 0.333. The quantitative estimate of drug-likeness (QED) is 0.755. The van der Waals surface area contributed by atoms with Crippen molar-refractivity contribution in [3.63, 3.8) is 0 Å². The predicted octanol–water partition coefficient (Wildman–Crippen LogP) is 3.38. The molecule has 2 heterocycles. The van der Waals surface area contributed by atoms with Crippen molar-refractivity contribution in [2.24, 2.45) is 0 Å². The van der Waals surface area contributed by atoms with Crippen molar-refractivity contribution < 1.29 is 0 Å². The van der Waals surface area contributed by atoms with Crippen LogP contribution in [0.1, 0.15) is 25.3 Å². The zero-order valence-corrected chi connectivity index (χ0v) is 11.0. The van der Waals surface area contributed by atoms with E-state index in [1.165, 1.54) is 0 Å². The van der Waals surface area contributed by atoms with Crippen LogP contribution in [0.4, 0.5) is 0 Å². The maximum Gasteiger partial charge on any atom is 0.160 e. The van der Waals surface area contributed by atoms with Crippen molar-refractivity contribution in [3.05, 3.63) is 27.0 Å². The Morgan fingerprint density at radius 1 is 1.36 bits per heavy atom. The van der Waals surface area contributed by atoms with Crippen LogP contribution < -0.4 is 0 Å². The zero-order chi connectivity index (χ0) is 10.3. The van der Waals surface area contributed by atoms with Gasteiger partial charge in [-0.1, -0.05) is 13.8 Å². The molecule has 0 fully saturated rings. The fourth-order valence-electron chi connectivity index (χ4n) is 1.32. The Morgan fingerprint density at radius 2 is 2.07 bits per heavy atom. The molecule has 0 saturated heterocycles. The normalized spacial score (nSPS) is 11.5. The molecule has 14 heavy (non-hydrogen) atoms. The molecule has 0 radical (unpaired) electrons. The number of rotatable bonds is 1. The lowest BCUT2D eigenvalue weighted by Crippen LogP contribution is -1.94. The van der Waals surface area contributed by atoms with E-state index in [9.17, 15) is 0 Å². The van der Waals surface area contributed by atoms with Gasteiger partial charge in [-0.25, -0.2) is 9.50 Å². The van der Waals surface area contributed by atoms with Gasteiger partial charge in [0.25, 0.3) is 0 Å². The summed E-state index contributed by atoms with van der Waals surface area (Å²) in [7, 11) is 0. The molecule has 0 N–H and O–H groups in total. The summed E-state index contributed by atoms with van der Waals surface area (Å²) < 4.78 is 3.51. The summed E-state index contributed by atoms with van der Waals surface area (Å²) in [6.07, 6.45) is 1.87. The van der Waals surface area contributed by atoms with Crippen LogP contribution >= 0.6 is 31.9 Å². The molecule has 0 aliphatic rings. The van der Waals surface area contributed by atoms with E-state index in [-0.39, 0.29) is 0 Å². The maximum absolute atomic E-state index is 4.40. The molecule has 2 aromatic heterocycles. The highest BCUT2D eigenvalue weighted by Gasteiger charge is 2.11. The van der Waals surface area contributed by atoms with Crippen LogP contribution in [0.5, 0.6) is 0 Å². The van der Waals surface area contributed by atoms with Gasteiger partial charge in [-0.15, -0.1) is 0 Å². The van der Waals surface area contributed by atoms with Gasteiger partial charge in [0.15, 0.2) is 5.65 Å². The topological polar surface area (TPSA) is 30.2 Å². The third-order valence-corrected chi connectivity index (χ3v) is 3.02. The average Bonchev–Trinajstić information content (AvgIpc) is 2.47. The second kappa shape index (κ2) is 3.62. The highest BCUT2D eigenvalue weighted by molar-refractivity contribution is 9.11. The lowest BCUT2D eigenvalue weighted by Gasteiger charge is -2.02. The van der Waals surface area contributed by atoms with E-state index in [2.05, 4.69) is 55.8 Å². The van der Waals surface area contributed by atoms with Crippen LogP contribution in [0.2, 0.25) is 0 Å². The molecule has 2 rings (SSSR count). The Bertz CT molecular complexity index is 476. The Labute approximate surface area is 98.8 Å². The van der Waals surface area contributed by atoms with Crippen molar-refractivity contribution in [2.75, 3.05) is 0 Å².